The molecule has 0 fully saturated rings. The lowest BCUT2D eigenvalue weighted by molar-refractivity contribution is 0.641. The fourth-order valence-electron chi connectivity index (χ4n) is 2.21. The first-order valence-corrected chi connectivity index (χ1v) is 7.46. The highest BCUT2D eigenvalue weighted by Gasteiger charge is 2.16. The number of hydrogen-bond donors (Lipinski definition) is 1. The first-order valence-electron chi connectivity index (χ1n) is 6.70. The highest BCUT2D eigenvalue weighted by Crippen LogP contribution is 2.28. The van der Waals surface area contributed by atoms with E-state index in [9.17, 15) is 0 Å². The van der Waals surface area contributed by atoms with Crippen molar-refractivity contribution in [3.05, 3.63) is 45.2 Å². The Bertz CT molecular complexity index is 620. The molecule has 1 atom stereocenters. The molecule has 0 spiro atoms. The summed E-state index contributed by atoms with van der Waals surface area (Å²) in [4.78, 5) is 0. The summed E-state index contributed by atoms with van der Waals surface area (Å²) in [6.07, 6.45) is 1.63. The van der Waals surface area contributed by atoms with Crippen LogP contribution in [-0.4, -0.2) is 15.8 Å². The van der Waals surface area contributed by atoms with E-state index in [0.29, 0.717) is 5.02 Å². The lowest BCUT2D eigenvalue weighted by Gasteiger charge is -2.16. The second-order valence-electron chi connectivity index (χ2n) is 5.01. The van der Waals surface area contributed by atoms with Gasteiger partial charge in [0.25, 0.3) is 0 Å². The summed E-state index contributed by atoms with van der Waals surface area (Å²) in [5.41, 5.74) is 9.78. The minimum absolute atomic E-state index is 0.0843. The molecule has 1 aromatic carbocycles. The average molecular weight is 312 g/mol. The van der Waals surface area contributed by atoms with E-state index in [0.717, 1.165) is 40.5 Å². The maximum Gasteiger partial charge on any atom is 0.0848 e. The van der Waals surface area contributed by atoms with Crippen molar-refractivity contribution in [2.24, 2.45) is 5.73 Å². The fraction of sp³-hybridized carbons (Fsp3) is 0.400. The minimum atomic E-state index is 0.0843. The standard InChI is InChI=1S/C15H19Cl2N3/c1-4-11(18)8-12-13(16)6-5-7-14(12)20-10(3)15(17)9(2)19-20/h5-7,11H,4,8,18H2,1-3H3. The predicted octanol–water partition coefficient (Wildman–Crippen LogP) is 4.08. The van der Waals surface area contributed by atoms with Crippen molar-refractivity contribution in [2.45, 2.75) is 39.7 Å². The summed E-state index contributed by atoms with van der Waals surface area (Å²) in [7, 11) is 0. The molecule has 1 aromatic heterocycles. The molecule has 108 valence electrons. The van der Waals surface area contributed by atoms with Crippen molar-refractivity contribution in [2.75, 3.05) is 0 Å². The van der Waals surface area contributed by atoms with E-state index >= 15 is 0 Å². The molecule has 1 heterocycles. The van der Waals surface area contributed by atoms with Crippen LogP contribution in [0.5, 0.6) is 0 Å². The Labute approximate surface area is 129 Å². The Balaban J connectivity index is 2.56. The van der Waals surface area contributed by atoms with Crippen LogP contribution in [0.3, 0.4) is 0 Å². The summed E-state index contributed by atoms with van der Waals surface area (Å²) in [5, 5.41) is 5.91. The number of hydrogen-bond acceptors (Lipinski definition) is 2. The zero-order chi connectivity index (χ0) is 14.9. The van der Waals surface area contributed by atoms with Crippen molar-refractivity contribution in [1.82, 2.24) is 9.78 Å². The molecule has 1 unspecified atom stereocenters. The zero-order valence-electron chi connectivity index (χ0n) is 12.0. The van der Waals surface area contributed by atoms with E-state index in [2.05, 4.69) is 12.0 Å². The molecule has 5 heteroatoms. The molecule has 0 radical (unpaired) electrons. The van der Waals surface area contributed by atoms with Crippen molar-refractivity contribution in [3.8, 4) is 5.69 Å². The molecule has 2 rings (SSSR count). The predicted molar refractivity (Wildman–Crippen MR) is 85.0 cm³/mol. The average Bonchev–Trinajstić information content (AvgIpc) is 2.68. The zero-order valence-corrected chi connectivity index (χ0v) is 13.5. The monoisotopic (exact) mass is 311 g/mol. The molecule has 20 heavy (non-hydrogen) atoms. The van der Waals surface area contributed by atoms with E-state index in [1.165, 1.54) is 0 Å². The summed E-state index contributed by atoms with van der Waals surface area (Å²) < 4.78 is 1.85. The molecule has 0 aliphatic carbocycles. The second kappa shape index (κ2) is 6.17. The summed E-state index contributed by atoms with van der Waals surface area (Å²) in [5.74, 6) is 0. The lowest BCUT2D eigenvalue weighted by atomic mass is 10.0. The SMILES string of the molecule is CCC(N)Cc1c(Cl)cccc1-n1nc(C)c(Cl)c1C. The number of aryl methyl sites for hydroxylation is 1. The van der Waals surface area contributed by atoms with Gasteiger partial charge in [0.05, 0.1) is 22.1 Å². The van der Waals surface area contributed by atoms with Crippen LogP contribution in [-0.2, 0) is 6.42 Å². The number of rotatable bonds is 4. The van der Waals surface area contributed by atoms with Gasteiger partial charge in [-0.05, 0) is 44.4 Å². The van der Waals surface area contributed by atoms with Crippen LogP contribution < -0.4 is 5.73 Å². The van der Waals surface area contributed by atoms with Crippen LogP contribution in [0.25, 0.3) is 5.69 Å². The van der Waals surface area contributed by atoms with Gasteiger partial charge in [0, 0.05) is 11.1 Å². The summed E-state index contributed by atoms with van der Waals surface area (Å²) >= 11 is 12.6. The Hall–Kier alpha value is -1.03. The molecule has 0 saturated carbocycles. The first kappa shape index (κ1) is 15.4. The van der Waals surface area contributed by atoms with Gasteiger partial charge in [-0.25, -0.2) is 4.68 Å². The Morgan fingerprint density at radius 2 is 2.00 bits per heavy atom. The Kier molecular flexibility index (Phi) is 4.74. The molecule has 2 N–H and O–H groups in total. The van der Waals surface area contributed by atoms with E-state index in [4.69, 9.17) is 28.9 Å². The molecule has 2 aromatic rings. The van der Waals surface area contributed by atoms with Gasteiger partial charge < -0.3 is 5.73 Å². The van der Waals surface area contributed by atoms with Gasteiger partial charge in [0.1, 0.15) is 0 Å². The van der Waals surface area contributed by atoms with Gasteiger partial charge in [0.15, 0.2) is 0 Å². The highest BCUT2D eigenvalue weighted by molar-refractivity contribution is 6.32. The number of benzene rings is 1. The van der Waals surface area contributed by atoms with Gasteiger partial charge in [-0.2, -0.15) is 5.10 Å². The third-order valence-electron chi connectivity index (χ3n) is 3.52. The van der Waals surface area contributed by atoms with Crippen molar-refractivity contribution in [1.29, 1.82) is 0 Å². The quantitative estimate of drug-likeness (QED) is 0.924. The topological polar surface area (TPSA) is 43.8 Å². The van der Waals surface area contributed by atoms with Crippen LogP contribution in [0, 0.1) is 13.8 Å². The molecular formula is C15H19Cl2N3. The number of aromatic nitrogens is 2. The van der Waals surface area contributed by atoms with Crippen LogP contribution >= 0.6 is 23.2 Å². The number of nitrogens with zero attached hydrogens (tertiary/aromatic N) is 2. The van der Waals surface area contributed by atoms with Crippen molar-refractivity contribution >= 4 is 23.2 Å². The van der Waals surface area contributed by atoms with Gasteiger partial charge in [-0.3, -0.25) is 0 Å². The van der Waals surface area contributed by atoms with Gasteiger partial charge >= 0.3 is 0 Å². The second-order valence-corrected chi connectivity index (χ2v) is 5.79. The van der Waals surface area contributed by atoms with Gasteiger partial charge in [-0.1, -0.05) is 36.2 Å². The molecular weight excluding hydrogens is 293 g/mol. The molecule has 0 aliphatic rings. The molecule has 0 saturated heterocycles. The van der Waals surface area contributed by atoms with E-state index < -0.39 is 0 Å². The molecule has 0 aliphatic heterocycles. The minimum Gasteiger partial charge on any atom is -0.327 e. The highest BCUT2D eigenvalue weighted by atomic mass is 35.5. The van der Waals surface area contributed by atoms with E-state index in [1.54, 1.807) is 0 Å². The van der Waals surface area contributed by atoms with E-state index in [-0.39, 0.29) is 6.04 Å². The third-order valence-corrected chi connectivity index (χ3v) is 4.42. The van der Waals surface area contributed by atoms with Crippen LogP contribution in [0.1, 0.15) is 30.3 Å². The molecule has 0 bridgehead atoms. The smallest absolute Gasteiger partial charge is 0.0848 e. The number of nitrogens with two attached hydrogens (primary N) is 1. The molecule has 3 nitrogen and oxygen atoms in total. The Morgan fingerprint density at radius 3 is 2.55 bits per heavy atom. The summed E-state index contributed by atoms with van der Waals surface area (Å²) in [6, 6.07) is 5.89. The normalized spacial score (nSPS) is 12.7. The third kappa shape index (κ3) is 2.85. The largest absolute Gasteiger partial charge is 0.327 e. The summed E-state index contributed by atoms with van der Waals surface area (Å²) in [6.45, 7) is 5.92. The van der Waals surface area contributed by atoms with Crippen molar-refractivity contribution in [3.63, 3.8) is 0 Å². The lowest BCUT2D eigenvalue weighted by Crippen LogP contribution is -2.22. The molecule has 0 amide bonds. The van der Waals surface area contributed by atoms with E-state index in [1.807, 2.05) is 36.7 Å². The maximum atomic E-state index is 6.35. The fourth-order valence-corrected chi connectivity index (χ4v) is 2.58. The van der Waals surface area contributed by atoms with Gasteiger partial charge in [-0.15, -0.1) is 0 Å². The maximum absolute atomic E-state index is 6.35. The first-order chi connectivity index (χ1) is 9.45. The van der Waals surface area contributed by atoms with Crippen LogP contribution in [0.2, 0.25) is 10.0 Å². The van der Waals surface area contributed by atoms with Gasteiger partial charge in [0.2, 0.25) is 0 Å². The van der Waals surface area contributed by atoms with Crippen molar-refractivity contribution < 1.29 is 0 Å². The number of halogens is 2. The van der Waals surface area contributed by atoms with Crippen LogP contribution in [0.15, 0.2) is 18.2 Å². The Morgan fingerprint density at radius 1 is 1.30 bits per heavy atom. The van der Waals surface area contributed by atoms with Crippen LogP contribution in [0.4, 0.5) is 0 Å².